The van der Waals surface area contributed by atoms with Crippen molar-refractivity contribution in [2.24, 2.45) is 0 Å². The fraction of sp³-hybridized carbons (Fsp3) is 0.440. The summed E-state index contributed by atoms with van der Waals surface area (Å²) in [6.07, 6.45) is 0.242. The van der Waals surface area contributed by atoms with Crippen molar-refractivity contribution in [2.45, 2.75) is 56.7 Å². The van der Waals surface area contributed by atoms with Crippen LogP contribution >= 0.6 is 11.8 Å². The SMILES string of the molecule is Cc1ccc(S(=O)(=O)N2CCSC[C@@H]2C(=O)N[C@@H](Cc2ccccc2)C(=O)OC(C)(C)C)cc1. The molecule has 1 aliphatic rings. The van der Waals surface area contributed by atoms with Gasteiger partial charge in [-0.05, 0) is 45.4 Å². The largest absolute Gasteiger partial charge is 0.458 e. The fourth-order valence-electron chi connectivity index (χ4n) is 3.61. The Morgan fingerprint density at radius 3 is 2.38 bits per heavy atom. The van der Waals surface area contributed by atoms with Crippen LogP contribution in [-0.4, -0.2) is 60.3 Å². The van der Waals surface area contributed by atoms with Gasteiger partial charge in [-0.15, -0.1) is 0 Å². The lowest BCUT2D eigenvalue weighted by atomic mass is 10.0. The van der Waals surface area contributed by atoms with Gasteiger partial charge in [0.15, 0.2) is 0 Å². The first kappa shape index (κ1) is 26.2. The zero-order valence-electron chi connectivity index (χ0n) is 20.0. The Morgan fingerprint density at radius 1 is 1.12 bits per heavy atom. The van der Waals surface area contributed by atoms with Crippen molar-refractivity contribution in [1.29, 1.82) is 0 Å². The molecule has 2 aromatic carbocycles. The van der Waals surface area contributed by atoms with Crippen LogP contribution in [-0.2, 0) is 30.8 Å². The van der Waals surface area contributed by atoms with Crippen LogP contribution in [0.4, 0.5) is 0 Å². The maximum Gasteiger partial charge on any atom is 0.329 e. The zero-order valence-corrected chi connectivity index (χ0v) is 21.6. The number of ether oxygens (including phenoxy) is 1. The summed E-state index contributed by atoms with van der Waals surface area (Å²) in [6, 6.07) is 14.0. The van der Waals surface area contributed by atoms with Gasteiger partial charge in [-0.2, -0.15) is 16.1 Å². The summed E-state index contributed by atoms with van der Waals surface area (Å²) in [6.45, 7) is 7.39. The van der Waals surface area contributed by atoms with Crippen LogP contribution in [0, 0.1) is 6.92 Å². The molecular formula is C25H32N2O5S2. The highest BCUT2D eigenvalue weighted by molar-refractivity contribution is 7.99. The third-order valence-electron chi connectivity index (χ3n) is 5.30. The number of amides is 1. The average Bonchev–Trinajstić information content (AvgIpc) is 2.78. The molecule has 0 aliphatic carbocycles. The van der Waals surface area contributed by atoms with E-state index in [1.807, 2.05) is 37.3 Å². The van der Waals surface area contributed by atoms with Gasteiger partial charge >= 0.3 is 5.97 Å². The van der Waals surface area contributed by atoms with E-state index in [0.717, 1.165) is 11.1 Å². The van der Waals surface area contributed by atoms with Crippen LogP contribution in [0.15, 0.2) is 59.5 Å². The van der Waals surface area contributed by atoms with Crippen LogP contribution < -0.4 is 5.32 Å². The number of hydrogen-bond acceptors (Lipinski definition) is 6. The quantitative estimate of drug-likeness (QED) is 0.583. The van der Waals surface area contributed by atoms with Gasteiger partial charge in [0.05, 0.1) is 4.90 Å². The number of nitrogens with one attached hydrogen (secondary N) is 1. The molecule has 0 unspecified atom stereocenters. The molecule has 0 bridgehead atoms. The van der Waals surface area contributed by atoms with E-state index >= 15 is 0 Å². The monoisotopic (exact) mass is 504 g/mol. The van der Waals surface area contributed by atoms with Crippen molar-refractivity contribution < 1.29 is 22.7 Å². The molecule has 1 N–H and O–H groups in total. The molecule has 7 nitrogen and oxygen atoms in total. The molecule has 0 aromatic heterocycles. The van der Waals surface area contributed by atoms with Crippen LogP contribution in [0.3, 0.4) is 0 Å². The van der Waals surface area contributed by atoms with E-state index in [4.69, 9.17) is 4.74 Å². The second-order valence-electron chi connectivity index (χ2n) is 9.30. The Hall–Kier alpha value is -2.36. The first-order valence-corrected chi connectivity index (χ1v) is 13.8. The van der Waals surface area contributed by atoms with Gasteiger partial charge in [0.25, 0.3) is 0 Å². The Kier molecular flexibility index (Phi) is 8.43. The van der Waals surface area contributed by atoms with Crippen LogP contribution in [0.25, 0.3) is 0 Å². The number of sulfonamides is 1. The average molecular weight is 505 g/mol. The number of benzene rings is 2. The maximum absolute atomic E-state index is 13.4. The van der Waals surface area contributed by atoms with Crippen molar-refractivity contribution in [3.63, 3.8) is 0 Å². The molecule has 34 heavy (non-hydrogen) atoms. The molecule has 2 atom stereocenters. The molecule has 0 saturated carbocycles. The number of aryl methyl sites for hydroxylation is 1. The van der Waals surface area contributed by atoms with Crippen molar-refractivity contribution in [2.75, 3.05) is 18.1 Å². The number of rotatable bonds is 7. The van der Waals surface area contributed by atoms with E-state index in [2.05, 4.69) is 5.32 Å². The van der Waals surface area contributed by atoms with E-state index in [1.165, 1.54) is 16.1 Å². The summed E-state index contributed by atoms with van der Waals surface area (Å²) >= 11 is 1.52. The standard InChI is InChI=1S/C25H32N2O5S2/c1-18-10-12-20(13-11-18)34(30,31)27-14-15-33-17-22(27)23(28)26-21(24(29)32-25(2,3)4)16-19-8-6-5-7-9-19/h5-13,21-22H,14-17H2,1-4H3,(H,26,28)/t21-,22+/m0/s1. The van der Waals surface area contributed by atoms with Crippen molar-refractivity contribution in [3.05, 3.63) is 65.7 Å². The third kappa shape index (κ3) is 6.84. The van der Waals surface area contributed by atoms with Gasteiger partial charge < -0.3 is 10.1 Å². The minimum Gasteiger partial charge on any atom is -0.458 e. The molecule has 184 valence electrons. The van der Waals surface area contributed by atoms with Gasteiger partial charge in [0.1, 0.15) is 17.7 Å². The summed E-state index contributed by atoms with van der Waals surface area (Å²) in [7, 11) is -3.87. The number of thioether (sulfide) groups is 1. The minimum absolute atomic E-state index is 0.149. The van der Waals surface area contributed by atoms with Gasteiger partial charge in [-0.25, -0.2) is 13.2 Å². The number of esters is 1. The second kappa shape index (κ2) is 10.9. The topological polar surface area (TPSA) is 92.8 Å². The first-order chi connectivity index (χ1) is 16.0. The number of carbonyl (C=O) groups excluding carboxylic acids is 2. The molecule has 1 saturated heterocycles. The lowest BCUT2D eigenvalue weighted by Crippen LogP contribution is -2.57. The molecule has 9 heteroatoms. The third-order valence-corrected chi connectivity index (χ3v) is 8.25. The summed E-state index contributed by atoms with van der Waals surface area (Å²) in [5, 5.41) is 2.79. The van der Waals surface area contributed by atoms with Gasteiger partial charge in [0, 0.05) is 24.5 Å². The van der Waals surface area contributed by atoms with Gasteiger partial charge in [0.2, 0.25) is 15.9 Å². The van der Waals surface area contributed by atoms with E-state index in [0.29, 0.717) is 11.5 Å². The minimum atomic E-state index is -3.87. The lowest BCUT2D eigenvalue weighted by molar-refractivity contribution is -0.158. The van der Waals surface area contributed by atoms with E-state index in [-0.39, 0.29) is 17.9 Å². The Labute approximate surface area is 206 Å². The fourth-order valence-corrected chi connectivity index (χ4v) is 6.46. The Bertz CT molecular complexity index is 1100. The van der Waals surface area contributed by atoms with Crippen molar-refractivity contribution in [1.82, 2.24) is 9.62 Å². The number of hydrogen-bond donors (Lipinski definition) is 1. The molecule has 1 amide bonds. The van der Waals surface area contributed by atoms with E-state index < -0.39 is 39.6 Å². The molecule has 2 aromatic rings. The molecule has 0 spiro atoms. The van der Waals surface area contributed by atoms with Gasteiger partial charge in [-0.3, -0.25) is 4.79 Å². The van der Waals surface area contributed by atoms with Crippen LogP contribution in [0.2, 0.25) is 0 Å². The van der Waals surface area contributed by atoms with Crippen LogP contribution in [0.1, 0.15) is 31.9 Å². The van der Waals surface area contributed by atoms with Crippen LogP contribution in [0.5, 0.6) is 0 Å². The maximum atomic E-state index is 13.4. The summed E-state index contributed by atoms with van der Waals surface area (Å²) in [5.41, 5.74) is 1.09. The second-order valence-corrected chi connectivity index (χ2v) is 12.3. The lowest BCUT2D eigenvalue weighted by Gasteiger charge is -2.34. The van der Waals surface area contributed by atoms with E-state index in [1.54, 1.807) is 45.0 Å². The predicted octanol–water partition coefficient (Wildman–Crippen LogP) is 3.17. The van der Waals surface area contributed by atoms with Crippen molar-refractivity contribution in [3.8, 4) is 0 Å². The highest BCUT2D eigenvalue weighted by Gasteiger charge is 2.39. The number of carbonyl (C=O) groups is 2. The highest BCUT2D eigenvalue weighted by Crippen LogP contribution is 2.25. The molecule has 1 heterocycles. The Morgan fingerprint density at radius 2 is 1.76 bits per heavy atom. The molecule has 0 radical (unpaired) electrons. The summed E-state index contributed by atoms with van der Waals surface area (Å²) in [4.78, 5) is 26.5. The molecular weight excluding hydrogens is 472 g/mol. The smallest absolute Gasteiger partial charge is 0.329 e. The van der Waals surface area contributed by atoms with Gasteiger partial charge in [-0.1, -0.05) is 48.0 Å². The highest BCUT2D eigenvalue weighted by atomic mass is 32.2. The zero-order chi connectivity index (χ0) is 24.9. The number of nitrogens with zero attached hydrogens (tertiary/aromatic N) is 1. The summed E-state index contributed by atoms with van der Waals surface area (Å²) in [5.74, 6) is -0.159. The molecule has 3 rings (SSSR count). The normalized spacial score (nSPS) is 18.2. The summed E-state index contributed by atoms with van der Waals surface area (Å²) < 4.78 is 33.5. The Balaban J connectivity index is 1.84. The molecule has 1 fully saturated rings. The first-order valence-electron chi connectivity index (χ1n) is 11.2. The predicted molar refractivity (Wildman–Crippen MR) is 134 cm³/mol. The molecule has 1 aliphatic heterocycles. The van der Waals surface area contributed by atoms with Crippen molar-refractivity contribution >= 4 is 33.7 Å². The van der Waals surface area contributed by atoms with E-state index in [9.17, 15) is 18.0 Å².